The number of allylic oxidation sites excluding steroid dienone is 2. The largest absolute Gasteiger partial charge is 0.450 e. The fourth-order valence-electron chi connectivity index (χ4n) is 4.63. The molecule has 0 saturated carbocycles. The standard InChI is InChI=1S/C22H33N3O5/c1-4-30-22(29)24-11-9-15(10-12-24)23-19(26)18(13-14(2)3)25-20(27)16-7-5-6-8-17(16)21(25)28/h5-6,14-18H,4,7-13H2,1-3H3,(H,23,26). The number of hydrogen-bond acceptors (Lipinski definition) is 5. The summed E-state index contributed by atoms with van der Waals surface area (Å²) in [4.78, 5) is 53.9. The van der Waals surface area contributed by atoms with Crippen LogP contribution in [0.3, 0.4) is 0 Å². The van der Waals surface area contributed by atoms with Gasteiger partial charge in [0.15, 0.2) is 0 Å². The first kappa shape index (κ1) is 22.3. The highest BCUT2D eigenvalue weighted by molar-refractivity contribution is 6.08. The van der Waals surface area contributed by atoms with Crippen molar-refractivity contribution < 1.29 is 23.9 Å². The average Bonchev–Trinajstić information content (AvgIpc) is 2.97. The summed E-state index contributed by atoms with van der Waals surface area (Å²) in [6, 6.07) is -0.867. The maximum Gasteiger partial charge on any atom is 0.409 e. The Morgan fingerprint density at radius 3 is 2.17 bits per heavy atom. The van der Waals surface area contributed by atoms with Crippen LogP contribution in [0.2, 0.25) is 0 Å². The van der Waals surface area contributed by atoms with Gasteiger partial charge in [-0.25, -0.2) is 4.79 Å². The fourth-order valence-corrected chi connectivity index (χ4v) is 4.63. The molecule has 1 aliphatic carbocycles. The number of amides is 4. The molecule has 2 aliphatic heterocycles. The van der Waals surface area contributed by atoms with Gasteiger partial charge in [-0.3, -0.25) is 19.3 Å². The van der Waals surface area contributed by atoms with Crippen molar-refractivity contribution >= 4 is 23.8 Å². The Labute approximate surface area is 178 Å². The molecule has 0 aromatic carbocycles. The minimum Gasteiger partial charge on any atom is -0.450 e. The third kappa shape index (κ3) is 4.68. The lowest BCUT2D eigenvalue weighted by atomic mass is 9.85. The van der Waals surface area contributed by atoms with Crippen LogP contribution >= 0.6 is 0 Å². The molecule has 8 heteroatoms. The highest BCUT2D eigenvalue weighted by atomic mass is 16.6. The molecule has 2 heterocycles. The van der Waals surface area contributed by atoms with Gasteiger partial charge >= 0.3 is 6.09 Å². The quantitative estimate of drug-likeness (QED) is 0.525. The molecule has 3 rings (SSSR count). The number of carbonyl (C=O) groups is 4. The monoisotopic (exact) mass is 419 g/mol. The molecule has 0 radical (unpaired) electrons. The summed E-state index contributed by atoms with van der Waals surface area (Å²) < 4.78 is 5.03. The van der Waals surface area contributed by atoms with E-state index >= 15 is 0 Å². The van der Waals surface area contributed by atoms with Crippen molar-refractivity contribution in [3.05, 3.63) is 12.2 Å². The SMILES string of the molecule is CCOC(=O)N1CCC(NC(=O)C(CC(C)C)N2C(=O)C3CC=CCC3C2=O)CC1. The Hall–Kier alpha value is -2.38. The third-order valence-electron chi connectivity index (χ3n) is 6.22. The Morgan fingerprint density at radius 1 is 1.10 bits per heavy atom. The van der Waals surface area contributed by atoms with E-state index in [1.807, 2.05) is 26.0 Å². The Balaban J connectivity index is 1.65. The van der Waals surface area contributed by atoms with E-state index in [1.165, 1.54) is 4.90 Å². The maximum absolute atomic E-state index is 13.2. The molecule has 0 spiro atoms. The number of ether oxygens (including phenoxy) is 1. The number of likely N-dealkylation sites (tertiary alicyclic amines) is 2. The van der Waals surface area contributed by atoms with E-state index < -0.39 is 6.04 Å². The molecule has 3 unspecified atom stereocenters. The molecule has 8 nitrogen and oxygen atoms in total. The molecule has 30 heavy (non-hydrogen) atoms. The third-order valence-corrected chi connectivity index (χ3v) is 6.22. The summed E-state index contributed by atoms with van der Waals surface area (Å²) in [6.45, 7) is 7.09. The number of hydrogen-bond donors (Lipinski definition) is 1. The van der Waals surface area contributed by atoms with E-state index in [4.69, 9.17) is 4.74 Å². The van der Waals surface area contributed by atoms with Crippen LogP contribution in [0.25, 0.3) is 0 Å². The van der Waals surface area contributed by atoms with Crippen LogP contribution < -0.4 is 5.32 Å². The van der Waals surface area contributed by atoms with Crippen LogP contribution in [-0.4, -0.2) is 65.4 Å². The molecule has 166 valence electrons. The minimum absolute atomic E-state index is 0.0883. The molecule has 3 aliphatic rings. The van der Waals surface area contributed by atoms with E-state index in [0.717, 1.165) is 0 Å². The maximum atomic E-state index is 13.2. The van der Waals surface area contributed by atoms with Crippen molar-refractivity contribution in [2.45, 2.75) is 65.0 Å². The summed E-state index contributed by atoms with van der Waals surface area (Å²) in [5, 5.41) is 3.04. The summed E-state index contributed by atoms with van der Waals surface area (Å²) in [6.07, 6.45) is 6.38. The average molecular weight is 420 g/mol. The van der Waals surface area contributed by atoms with E-state index in [1.54, 1.807) is 11.8 Å². The van der Waals surface area contributed by atoms with Gasteiger partial charge in [-0.2, -0.15) is 0 Å². The van der Waals surface area contributed by atoms with Gasteiger partial charge < -0.3 is 15.0 Å². The Bertz CT molecular complexity index is 686. The van der Waals surface area contributed by atoms with Gasteiger partial charge in [0, 0.05) is 19.1 Å². The second kappa shape index (κ2) is 9.62. The number of fused-ring (bicyclic) bond motifs is 1. The first-order valence-electron chi connectivity index (χ1n) is 11.1. The first-order valence-corrected chi connectivity index (χ1v) is 11.1. The molecule has 0 aromatic heterocycles. The second-order valence-corrected chi connectivity index (χ2v) is 8.82. The van der Waals surface area contributed by atoms with Crippen molar-refractivity contribution in [1.82, 2.24) is 15.1 Å². The lowest BCUT2D eigenvalue weighted by Gasteiger charge is -2.34. The van der Waals surface area contributed by atoms with Crippen molar-refractivity contribution in [1.29, 1.82) is 0 Å². The highest BCUT2D eigenvalue weighted by Gasteiger charge is 2.51. The van der Waals surface area contributed by atoms with Gasteiger partial charge in [-0.15, -0.1) is 0 Å². The predicted octanol–water partition coefficient (Wildman–Crippen LogP) is 2.09. The van der Waals surface area contributed by atoms with Crippen LogP contribution in [0.5, 0.6) is 0 Å². The molecular weight excluding hydrogens is 386 g/mol. The number of piperidine rings is 1. The van der Waals surface area contributed by atoms with Gasteiger partial charge in [-0.1, -0.05) is 26.0 Å². The Morgan fingerprint density at radius 2 is 1.67 bits per heavy atom. The van der Waals surface area contributed by atoms with Gasteiger partial charge in [-0.05, 0) is 44.9 Å². The zero-order valence-electron chi connectivity index (χ0n) is 18.1. The van der Waals surface area contributed by atoms with E-state index in [0.29, 0.717) is 51.8 Å². The van der Waals surface area contributed by atoms with Gasteiger partial charge in [0.1, 0.15) is 6.04 Å². The fraction of sp³-hybridized carbons (Fsp3) is 0.727. The minimum atomic E-state index is -0.779. The molecular formula is C22H33N3O5. The van der Waals surface area contributed by atoms with E-state index in [2.05, 4.69) is 5.32 Å². The molecule has 0 aromatic rings. The molecule has 2 saturated heterocycles. The van der Waals surface area contributed by atoms with Crippen molar-refractivity contribution in [3.8, 4) is 0 Å². The number of carbonyl (C=O) groups excluding carboxylic acids is 4. The van der Waals surface area contributed by atoms with Crippen molar-refractivity contribution in [2.75, 3.05) is 19.7 Å². The van der Waals surface area contributed by atoms with Crippen molar-refractivity contribution in [3.63, 3.8) is 0 Å². The van der Waals surface area contributed by atoms with Gasteiger partial charge in [0.2, 0.25) is 17.7 Å². The van der Waals surface area contributed by atoms with Crippen LogP contribution in [-0.2, 0) is 19.1 Å². The van der Waals surface area contributed by atoms with Gasteiger partial charge in [0.05, 0.1) is 18.4 Å². The summed E-state index contributed by atoms with van der Waals surface area (Å²) in [5.74, 6) is -1.21. The normalized spacial score (nSPS) is 25.5. The molecule has 0 bridgehead atoms. The summed E-state index contributed by atoms with van der Waals surface area (Å²) >= 11 is 0. The Kier molecular flexibility index (Phi) is 7.15. The van der Waals surface area contributed by atoms with Crippen LogP contribution in [0.15, 0.2) is 12.2 Å². The second-order valence-electron chi connectivity index (χ2n) is 8.82. The first-order chi connectivity index (χ1) is 14.3. The van der Waals surface area contributed by atoms with Crippen molar-refractivity contribution in [2.24, 2.45) is 17.8 Å². The summed E-state index contributed by atoms with van der Waals surface area (Å²) in [7, 11) is 0. The predicted molar refractivity (Wildman–Crippen MR) is 110 cm³/mol. The van der Waals surface area contributed by atoms with Crippen LogP contribution in [0, 0.1) is 17.8 Å². The molecule has 2 fully saturated rings. The topological polar surface area (TPSA) is 96.0 Å². The molecule has 1 N–H and O–H groups in total. The van der Waals surface area contributed by atoms with Crippen LogP contribution in [0.4, 0.5) is 4.79 Å². The highest BCUT2D eigenvalue weighted by Crippen LogP contribution is 2.37. The lowest BCUT2D eigenvalue weighted by molar-refractivity contribution is -0.148. The van der Waals surface area contributed by atoms with E-state index in [-0.39, 0.29) is 47.6 Å². The number of nitrogens with zero attached hydrogens (tertiary/aromatic N) is 2. The van der Waals surface area contributed by atoms with Crippen LogP contribution in [0.1, 0.15) is 52.9 Å². The number of rotatable bonds is 6. The number of nitrogens with one attached hydrogen (secondary N) is 1. The zero-order chi connectivity index (χ0) is 21.8. The zero-order valence-corrected chi connectivity index (χ0v) is 18.1. The number of imide groups is 1. The van der Waals surface area contributed by atoms with Gasteiger partial charge in [0.25, 0.3) is 0 Å². The molecule has 3 atom stereocenters. The molecule has 4 amide bonds. The lowest BCUT2D eigenvalue weighted by Crippen LogP contribution is -2.54. The smallest absolute Gasteiger partial charge is 0.409 e. The summed E-state index contributed by atoms with van der Waals surface area (Å²) in [5.41, 5.74) is 0. The van der Waals surface area contributed by atoms with E-state index in [9.17, 15) is 19.2 Å².